The molecule has 0 atom stereocenters. The van der Waals surface area contributed by atoms with E-state index < -0.39 is 0 Å². The zero-order valence-electron chi connectivity index (χ0n) is 19.1. The molecule has 3 aromatic rings. The van der Waals surface area contributed by atoms with Crippen molar-refractivity contribution in [2.45, 2.75) is 13.8 Å². The second-order valence-electron chi connectivity index (χ2n) is 7.48. The number of carbonyl (C=O) groups excluding carboxylic acids is 1. The molecule has 0 aromatic heterocycles. The summed E-state index contributed by atoms with van der Waals surface area (Å²) in [6.45, 7) is 7.32. The van der Waals surface area contributed by atoms with Gasteiger partial charge in [0.05, 0.1) is 10.0 Å². The number of likely N-dealkylation sites (N-methyl/N-ethyl adjacent to an activating group) is 1. The zero-order valence-corrected chi connectivity index (χ0v) is 21.4. The van der Waals surface area contributed by atoms with Gasteiger partial charge in [0.25, 0.3) is 5.91 Å². The molecule has 0 spiro atoms. The van der Waals surface area contributed by atoms with E-state index in [0.717, 1.165) is 30.8 Å². The first-order valence-corrected chi connectivity index (χ1v) is 12.2. The van der Waals surface area contributed by atoms with Crippen LogP contribution in [-0.2, 0) is 4.79 Å². The monoisotopic (exact) mass is 520 g/mol. The van der Waals surface area contributed by atoms with E-state index >= 15 is 0 Å². The van der Waals surface area contributed by atoms with Crippen LogP contribution in [0.15, 0.2) is 60.7 Å². The quantitative estimate of drug-likeness (QED) is 0.294. The molecule has 5 nitrogen and oxygen atoms in total. The highest BCUT2D eigenvalue weighted by atomic mass is 35.5. The van der Waals surface area contributed by atoms with Crippen LogP contribution in [0.25, 0.3) is 11.1 Å². The van der Waals surface area contributed by atoms with E-state index in [9.17, 15) is 4.79 Å². The zero-order chi connectivity index (χ0) is 24.5. The van der Waals surface area contributed by atoms with Crippen LogP contribution >= 0.6 is 34.8 Å². The van der Waals surface area contributed by atoms with Crippen LogP contribution in [0.5, 0.6) is 11.5 Å². The molecule has 0 radical (unpaired) electrons. The number of nitrogens with one attached hydrogen (secondary N) is 1. The Kier molecular flexibility index (Phi) is 9.90. The minimum atomic E-state index is -0.336. The Bertz CT molecular complexity index is 1120. The van der Waals surface area contributed by atoms with E-state index in [1.54, 1.807) is 30.3 Å². The predicted molar refractivity (Wildman–Crippen MR) is 141 cm³/mol. The summed E-state index contributed by atoms with van der Waals surface area (Å²) in [6, 6.07) is 17.9. The Morgan fingerprint density at radius 1 is 0.853 bits per heavy atom. The molecule has 1 N–H and O–H groups in total. The normalized spacial score (nSPS) is 10.9. The first-order valence-electron chi connectivity index (χ1n) is 11.0. The average molecular weight is 522 g/mol. The maximum atomic E-state index is 12.4. The van der Waals surface area contributed by atoms with Gasteiger partial charge in [-0.1, -0.05) is 72.9 Å². The molecule has 0 heterocycles. The fourth-order valence-electron chi connectivity index (χ4n) is 3.34. The van der Waals surface area contributed by atoms with E-state index in [-0.39, 0.29) is 12.5 Å². The number of hydrogen-bond acceptors (Lipinski definition) is 4. The number of benzene rings is 3. The van der Waals surface area contributed by atoms with E-state index in [1.165, 1.54) is 0 Å². The summed E-state index contributed by atoms with van der Waals surface area (Å²) >= 11 is 18.9. The van der Waals surface area contributed by atoms with Gasteiger partial charge in [-0.05, 0) is 55.1 Å². The lowest BCUT2D eigenvalue weighted by Crippen LogP contribution is -2.27. The second-order valence-corrected chi connectivity index (χ2v) is 8.70. The van der Waals surface area contributed by atoms with E-state index in [0.29, 0.717) is 38.9 Å². The third-order valence-corrected chi connectivity index (χ3v) is 6.17. The summed E-state index contributed by atoms with van der Waals surface area (Å²) in [5.74, 6) is 0.647. The molecular formula is C26H27Cl3N2O3. The fraction of sp³-hybridized carbons (Fsp3) is 0.269. The van der Waals surface area contributed by atoms with E-state index in [2.05, 4.69) is 24.1 Å². The standard InChI is InChI=1S/C26H27Cl3N2O3/c1-3-31(4-2)13-14-33-24-12-10-19(16-23(24)29)30-26(32)17-34-25-11-9-18(15-22(25)28)20-7-5-6-8-21(20)27/h5-12,15-16H,3-4,13-14,17H2,1-2H3,(H,30,32). The Hall–Kier alpha value is -2.44. The highest BCUT2D eigenvalue weighted by Gasteiger charge is 2.11. The van der Waals surface area contributed by atoms with Crippen LogP contribution in [0.1, 0.15) is 13.8 Å². The number of halogens is 3. The van der Waals surface area contributed by atoms with Crippen molar-refractivity contribution >= 4 is 46.4 Å². The summed E-state index contributed by atoms with van der Waals surface area (Å²) in [4.78, 5) is 14.6. The van der Waals surface area contributed by atoms with Gasteiger partial charge in [-0.2, -0.15) is 0 Å². The van der Waals surface area contributed by atoms with Crippen molar-refractivity contribution in [3.05, 3.63) is 75.7 Å². The van der Waals surface area contributed by atoms with Gasteiger partial charge in [0.15, 0.2) is 6.61 Å². The number of hydrogen-bond donors (Lipinski definition) is 1. The van der Waals surface area contributed by atoms with Crippen molar-refractivity contribution in [3.63, 3.8) is 0 Å². The molecular weight excluding hydrogens is 495 g/mol. The average Bonchev–Trinajstić information content (AvgIpc) is 2.82. The number of ether oxygens (including phenoxy) is 2. The van der Waals surface area contributed by atoms with Gasteiger partial charge in [0.2, 0.25) is 0 Å². The largest absolute Gasteiger partial charge is 0.491 e. The molecule has 180 valence electrons. The molecule has 0 bridgehead atoms. The predicted octanol–water partition coefficient (Wildman–Crippen LogP) is 7.05. The van der Waals surface area contributed by atoms with Crippen LogP contribution in [-0.4, -0.2) is 43.7 Å². The number of rotatable bonds is 11. The van der Waals surface area contributed by atoms with Crippen LogP contribution in [0, 0.1) is 0 Å². The van der Waals surface area contributed by atoms with Crippen molar-refractivity contribution in [1.29, 1.82) is 0 Å². The molecule has 3 rings (SSSR count). The molecule has 0 unspecified atom stereocenters. The first-order chi connectivity index (χ1) is 16.4. The van der Waals surface area contributed by atoms with E-state index in [1.807, 2.05) is 30.3 Å². The lowest BCUT2D eigenvalue weighted by molar-refractivity contribution is -0.118. The Morgan fingerprint density at radius 2 is 1.53 bits per heavy atom. The van der Waals surface area contributed by atoms with Crippen molar-refractivity contribution in [2.24, 2.45) is 0 Å². The number of anilines is 1. The number of carbonyl (C=O) groups is 1. The first kappa shape index (κ1) is 26.2. The molecule has 0 aliphatic rings. The lowest BCUT2D eigenvalue weighted by Gasteiger charge is -2.18. The highest BCUT2D eigenvalue weighted by Crippen LogP contribution is 2.33. The number of amides is 1. The molecule has 34 heavy (non-hydrogen) atoms. The van der Waals surface area contributed by atoms with Crippen molar-refractivity contribution in [3.8, 4) is 22.6 Å². The minimum Gasteiger partial charge on any atom is -0.491 e. The van der Waals surface area contributed by atoms with Gasteiger partial charge in [-0.25, -0.2) is 0 Å². The van der Waals surface area contributed by atoms with Gasteiger partial charge in [0, 0.05) is 22.8 Å². The van der Waals surface area contributed by atoms with Crippen molar-refractivity contribution < 1.29 is 14.3 Å². The molecule has 0 fully saturated rings. The molecule has 8 heteroatoms. The molecule has 0 saturated heterocycles. The fourth-order valence-corrected chi connectivity index (χ4v) is 4.06. The smallest absolute Gasteiger partial charge is 0.262 e. The van der Waals surface area contributed by atoms with E-state index in [4.69, 9.17) is 44.3 Å². The van der Waals surface area contributed by atoms with Crippen molar-refractivity contribution in [2.75, 3.05) is 38.2 Å². The van der Waals surface area contributed by atoms with Gasteiger partial charge in [-0.15, -0.1) is 0 Å². The third kappa shape index (κ3) is 7.28. The molecule has 0 aliphatic heterocycles. The maximum Gasteiger partial charge on any atom is 0.262 e. The Balaban J connectivity index is 1.53. The Morgan fingerprint density at radius 3 is 2.21 bits per heavy atom. The SMILES string of the molecule is CCN(CC)CCOc1ccc(NC(=O)COc2ccc(-c3ccccc3Cl)cc2Cl)cc1Cl. The minimum absolute atomic E-state index is 0.203. The second kappa shape index (κ2) is 12.9. The van der Waals surface area contributed by atoms with Crippen LogP contribution in [0.4, 0.5) is 5.69 Å². The molecule has 1 amide bonds. The summed E-state index contributed by atoms with van der Waals surface area (Å²) in [7, 11) is 0. The summed E-state index contributed by atoms with van der Waals surface area (Å²) in [6.07, 6.45) is 0. The van der Waals surface area contributed by atoms with Gasteiger partial charge < -0.3 is 19.7 Å². The summed E-state index contributed by atoms with van der Waals surface area (Å²) in [5, 5.41) is 4.21. The lowest BCUT2D eigenvalue weighted by atomic mass is 10.1. The van der Waals surface area contributed by atoms with Crippen LogP contribution < -0.4 is 14.8 Å². The van der Waals surface area contributed by atoms with Gasteiger partial charge in [-0.3, -0.25) is 4.79 Å². The van der Waals surface area contributed by atoms with Crippen molar-refractivity contribution in [1.82, 2.24) is 4.90 Å². The van der Waals surface area contributed by atoms with Gasteiger partial charge in [0.1, 0.15) is 18.1 Å². The van der Waals surface area contributed by atoms with Gasteiger partial charge >= 0.3 is 0 Å². The molecule has 0 aliphatic carbocycles. The maximum absolute atomic E-state index is 12.4. The van der Waals surface area contributed by atoms with Crippen LogP contribution in [0.3, 0.4) is 0 Å². The third-order valence-electron chi connectivity index (χ3n) is 5.25. The topological polar surface area (TPSA) is 50.8 Å². The number of nitrogens with zero attached hydrogens (tertiary/aromatic N) is 1. The van der Waals surface area contributed by atoms with Crippen LogP contribution in [0.2, 0.25) is 15.1 Å². The summed E-state index contributed by atoms with van der Waals surface area (Å²) < 4.78 is 11.4. The Labute approximate surface area is 215 Å². The highest BCUT2D eigenvalue weighted by molar-refractivity contribution is 6.34. The molecule has 0 saturated carbocycles. The molecule has 3 aromatic carbocycles. The summed E-state index contributed by atoms with van der Waals surface area (Å²) in [5.41, 5.74) is 2.28.